The second-order valence-electron chi connectivity index (χ2n) is 3.34. The Bertz CT molecular complexity index is 327. The van der Waals surface area contributed by atoms with Crippen molar-refractivity contribution in [3.05, 3.63) is 11.9 Å². The highest BCUT2D eigenvalue weighted by molar-refractivity contribution is 5.49. The molecule has 1 aromatic rings. The van der Waals surface area contributed by atoms with Crippen molar-refractivity contribution in [1.82, 2.24) is 9.97 Å². The first kappa shape index (κ1) is 12.7. The fraction of sp³-hybridized carbons (Fsp3) is 0.600. The van der Waals surface area contributed by atoms with E-state index in [0.717, 1.165) is 5.82 Å². The molecule has 0 aliphatic heterocycles. The van der Waals surface area contributed by atoms with Crippen molar-refractivity contribution in [2.24, 2.45) is 0 Å². The Balaban J connectivity index is 2.93. The fourth-order valence-corrected chi connectivity index (χ4v) is 1.42. The van der Waals surface area contributed by atoms with Crippen LogP contribution in [0.25, 0.3) is 0 Å². The molecule has 0 fully saturated rings. The van der Waals surface area contributed by atoms with E-state index in [1.165, 1.54) is 0 Å². The van der Waals surface area contributed by atoms with Crippen LogP contribution < -0.4 is 10.2 Å². The third kappa shape index (κ3) is 3.32. The van der Waals surface area contributed by atoms with Crippen molar-refractivity contribution in [1.29, 1.82) is 0 Å². The van der Waals surface area contributed by atoms with Crippen LogP contribution in [0.1, 0.15) is 5.82 Å². The third-order valence-electron chi connectivity index (χ3n) is 2.14. The van der Waals surface area contributed by atoms with E-state index >= 15 is 0 Å². The Kier molecular flexibility index (Phi) is 4.94. The number of hydrogen-bond acceptors (Lipinski definition) is 6. The number of nitrogens with zero attached hydrogens (tertiary/aromatic N) is 3. The van der Waals surface area contributed by atoms with Crippen LogP contribution >= 0.6 is 0 Å². The number of aliphatic hydroxyl groups is 2. The van der Waals surface area contributed by atoms with E-state index in [1.807, 2.05) is 4.90 Å². The van der Waals surface area contributed by atoms with Gasteiger partial charge in [0.2, 0.25) is 0 Å². The molecule has 0 aliphatic rings. The number of hydrogen-bond donors (Lipinski definition) is 3. The Labute approximate surface area is 95.0 Å². The van der Waals surface area contributed by atoms with E-state index < -0.39 is 0 Å². The first-order valence-corrected chi connectivity index (χ1v) is 5.21. The first-order valence-electron chi connectivity index (χ1n) is 5.21. The summed E-state index contributed by atoms with van der Waals surface area (Å²) in [5, 5.41) is 20.8. The average molecular weight is 226 g/mol. The minimum absolute atomic E-state index is 0.0257. The highest BCUT2D eigenvalue weighted by Gasteiger charge is 2.09. The maximum absolute atomic E-state index is 8.94. The number of aliphatic hydroxyl groups excluding tert-OH is 2. The summed E-state index contributed by atoms with van der Waals surface area (Å²) in [5.41, 5.74) is 0. The minimum atomic E-state index is 0.0257. The summed E-state index contributed by atoms with van der Waals surface area (Å²) in [6, 6.07) is 1.79. The molecule has 0 saturated heterocycles. The van der Waals surface area contributed by atoms with Gasteiger partial charge in [0, 0.05) is 26.2 Å². The van der Waals surface area contributed by atoms with Crippen LogP contribution in [-0.2, 0) is 0 Å². The van der Waals surface area contributed by atoms with Crippen molar-refractivity contribution in [2.45, 2.75) is 6.92 Å². The van der Waals surface area contributed by atoms with Crippen LogP contribution in [0.3, 0.4) is 0 Å². The molecule has 0 aliphatic carbocycles. The summed E-state index contributed by atoms with van der Waals surface area (Å²) in [6.45, 7) is 2.75. The van der Waals surface area contributed by atoms with Crippen LogP contribution in [0.5, 0.6) is 0 Å². The molecule has 0 aromatic carbocycles. The summed E-state index contributed by atoms with van der Waals surface area (Å²) >= 11 is 0. The van der Waals surface area contributed by atoms with Gasteiger partial charge in [0.15, 0.2) is 0 Å². The molecule has 1 heterocycles. The molecule has 1 aromatic heterocycles. The van der Waals surface area contributed by atoms with Crippen LogP contribution in [0.15, 0.2) is 6.07 Å². The standard InChI is InChI=1S/C10H18N4O2/c1-8-12-9(11-2)7-10(13-8)14(3-5-15)4-6-16/h7,15-16H,3-6H2,1-2H3,(H,11,12,13). The molecule has 0 atom stereocenters. The van der Waals surface area contributed by atoms with Crippen molar-refractivity contribution in [2.75, 3.05) is 43.6 Å². The highest BCUT2D eigenvalue weighted by atomic mass is 16.3. The van der Waals surface area contributed by atoms with Crippen molar-refractivity contribution in [3.63, 3.8) is 0 Å². The summed E-state index contributed by atoms with van der Waals surface area (Å²) in [6.07, 6.45) is 0. The van der Waals surface area contributed by atoms with Gasteiger partial charge in [-0.05, 0) is 6.92 Å². The summed E-state index contributed by atoms with van der Waals surface area (Å²) in [7, 11) is 1.79. The summed E-state index contributed by atoms with van der Waals surface area (Å²) < 4.78 is 0. The quantitative estimate of drug-likeness (QED) is 0.613. The summed E-state index contributed by atoms with van der Waals surface area (Å²) in [4.78, 5) is 10.3. The number of aromatic nitrogens is 2. The first-order chi connectivity index (χ1) is 7.71. The molecule has 0 spiro atoms. The number of anilines is 2. The molecule has 0 unspecified atom stereocenters. The lowest BCUT2D eigenvalue weighted by atomic mass is 10.4. The van der Waals surface area contributed by atoms with Gasteiger partial charge in [-0.25, -0.2) is 9.97 Å². The van der Waals surface area contributed by atoms with Crippen LogP contribution in [0.4, 0.5) is 11.6 Å². The van der Waals surface area contributed by atoms with E-state index in [9.17, 15) is 0 Å². The lowest BCUT2D eigenvalue weighted by Crippen LogP contribution is -2.30. The van der Waals surface area contributed by atoms with Crippen LogP contribution in [0.2, 0.25) is 0 Å². The number of aryl methyl sites for hydroxylation is 1. The van der Waals surface area contributed by atoms with Gasteiger partial charge in [0.1, 0.15) is 17.5 Å². The molecule has 16 heavy (non-hydrogen) atoms. The van der Waals surface area contributed by atoms with Gasteiger partial charge in [0.05, 0.1) is 13.2 Å². The Morgan fingerprint density at radius 1 is 1.25 bits per heavy atom. The second-order valence-corrected chi connectivity index (χ2v) is 3.34. The maximum Gasteiger partial charge on any atom is 0.134 e. The highest BCUT2D eigenvalue weighted by Crippen LogP contribution is 2.14. The second kappa shape index (κ2) is 6.24. The summed E-state index contributed by atoms with van der Waals surface area (Å²) in [5.74, 6) is 2.09. The molecule has 1 rings (SSSR count). The third-order valence-corrected chi connectivity index (χ3v) is 2.14. The van der Waals surface area contributed by atoms with Gasteiger partial charge in [-0.2, -0.15) is 0 Å². The zero-order valence-electron chi connectivity index (χ0n) is 9.64. The van der Waals surface area contributed by atoms with E-state index in [4.69, 9.17) is 10.2 Å². The van der Waals surface area contributed by atoms with Gasteiger partial charge < -0.3 is 20.4 Å². The zero-order valence-corrected chi connectivity index (χ0v) is 9.64. The average Bonchev–Trinajstić information content (AvgIpc) is 2.28. The predicted molar refractivity (Wildman–Crippen MR) is 62.7 cm³/mol. The number of nitrogens with one attached hydrogen (secondary N) is 1. The van der Waals surface area contributed by atoms with E-state index in [0.29, 0.717) is 24.7 Å². The van der Waals surface area contributed by atoms with Gasteiger partial charge in [0.25, 0.3) is 0 Å². The molecule has 6 heteroatoms. The molecule has 6 nitrogen and oxygen atoms in total. The van der Waals surface area contributed by atoms with Crippen molar-refractivity contribution < 1.29 is 10.2 Å². The maximum atomic E-state index is 8.94. The van der Waals surface area contributed by atoms with Gasteiger partial charge in [-0.1, -0.05) is 0 Å². The topological polar surface area (TPSA) is 81.5 Å². The molecular formula is C10H18N4O2. The van der Waals surface area contributed by atoms with E-state index in [-0.39, 0.29) is 13.2 Å². The lowest BCUT2D eigenvalue weighted by molar-refractivity contribution is 0.280. The molecular weight excluding hydrogens is 208 g/mol. The van der Waals surface area contributed by atoms with Gasteiger partial charge in [-0.15, -0.1) is 0 Å². The number of rotatable bonds is 6. The largest absolute Gasteiger partial charge is 0.395 e. The van der Waals surface area contributed by atoms with Crippen molar-refractivity contribution in [3.8, 4) is 0 Å². The molecule has 3 N–H and O–H groups in total. The Morgan fingerprint density at radius 3 is 2.38 bits per heavy atom. The smallest absolute Gasteiger partial charge is 0.134 e. The molecule has 0 saturated carbocycles. The SMILES string of the molecule is CNc1cc(N(CCO)CCO)nc(C)n1. The Hall–Kier alpha value is -1.40. The molecule has 90 valence electrons. The monoisotopic (exact) mass is 226 g/mol. The van der Waals surface area contributed by atoms with Gasteiger partial charge in [-0.3, -0.25) is 0 Å². The van der Waals surface area contributed by atoms with E-state index in [1.54, 1.807) is 20.0 Å². The van der Waals surface area contributed by atoms with Gasteiger partial charge >= 0.3 is 0 Å². The predicted octanol–water partition coefficient (Wildman–Crippen LogP) is -0.382. The van der Waals surface area contributed by atoms with E-state index in [2.05, 4.69) is 15.3 Å². The minimum Gasteiger partial charge on any atom is -0.395 e. The normalized spacial score (nSPS) is 10.2. The van der Waals surface area contributed by atoms with Crippen molar-refractivity contribution >= 4 is 11.6 Å². The zero-order chi connectivity index (χ0) is 12.0. The fourth-order valence-electron chi connectivity index (χ4n) is 1.42. The van der Waals surface area contributed by atoms with Crippen LogP contribution in [0, 0.1) is 6.92 Å². The molecule has 0 bridgehead atoms. The molecule has 0 radical (unpaired) electrons. The lowest BCUT2D eigenvalue weighted by Gasteiger charge is -2.22. The molecule has 0 amide bonds. The van der Waals surface area contributed by atoms with Crippen LogP contribution in [-0.4, -0.2) is 53.5 Å². The Morgan fingerprint density at radius 2 is 1.88 bits per heavy atom.